The Kier molecular flexibility index (Phi) is 1.35. The van der Waals surface area contributed by atoms with Crippen LogP contribution in [0.15, 0.2) is 28.3 Å². The van der Waals surface area contributed by atoms with Gasteiger partial charge < -0.3 is 0 Å². The van der Waals surface area contributed by atoms with Crippen LogP contribution >= 0.6 is 0 Å². The first-order valence-corrected chi connectivity index (χ1v) is 5.68. The summed E-state index contributed by atoms with van der Waals surface area (Å²) in [4.78, 5) is 0. The summed E-state index contributed by atoms with van der Waals surface area (Å²) in [7, 11) is 0. The van der Waals surface area contributed by atoms with Gasteiger partial charge in [0.15, 0.2) is 0 Å². The molecule has 0 saturated carbocycles. The summed E-state index contributed by atoms with van der Waals surface area (Å²) < 4.78 is 3.96. The molecule has 1 aromatic carbocycles. The first-order valence-electron chi connectivity index (χ1n) is 2.93. The van der Waals surface area contributed by atoms with E-state index in [1.54, 1.807) is 3.51 Å². The van der Waals surface area contributed by atoms with Crippen LogP contribution in [-0.4, -0.2) is 21.6 Å². The van der Waals surface area contributed by atoms with E-state index in [1.807, 2.05) is 0 Å². The topological polar surface area (TPSA) is 0 Å². The van der Waals surface area contributed by atoms with E-state index in [9.17, 15) is 0 Å². The van der Waals surface area contributed by atoms with Gasteiger partial charge >= 0.3 is 65.1 Å². The molecule has 9 heavy (non-hydrogen) atoms. The third kappa shape index (κ3) is 0.923. The van der Waals surface area contributed by atoms with Crippen LogP contribution in [0.5, 0.6) is 0 Å². The summed E-state index contributed by atoms with van der Waals surface area (Å²) in [5, 5.41) is 0. The van der Waals surface area contributed by atoms with Crippen LogP contribution in [-0.2, 0) is 0 Å². The van der Waals surface area contributed by atoms with E-state index in [4.69, 9.17) is 0 Å². The van der Waals surface area contributed by atoms with Crippen molar-refractivity contribution in [1.82, 2.24) is 0 Å². The average molecular weight is 224 g/mol. The standard InChI is InChI=1S/C8H6.Sb/c1-2-8-6-4-3-5-7-8;/h1-6H;. The van der Waals surface area contributed by atoms with Crippen LogP contribution in [0.25, 0.3) is 6.08 Å². The van der Waals surface area contributed by atoms with Gasteiger partial charge in [0, 0.05) is 0 Å². The monoisotopic (exact) mass is 223 g/mol. The Morgan fingerprint density at radius 2 is 2.00 bits per heavy atom. The number of rotatable bonds is 0. The van der Waals surface area contributed by atoms with Crippen LogP contribution in [0.2, 0.25) is 0 Å². The molecule has 0 saturated heterocycles. The van der Waals surface area contributed by atoms with E-state index in [0.717, 1.165) is 0 Å². The number of hydrogen-bond acceptors (Lipinski definition) is 0. The van der Waals surface area contributed by atoms with Crippen LogP contribution in [0.3, 0.4) is 0 Å². The van der Waals surface area contributed by atoms with Crippen molar-refractivity contribution in [3.63, 3.8) is 0 Å². The van der Waals surface area contributed by atoms with E-state index in [1.165, 1.54) is 5.56 Å². The second kappa shape index (κ2) is 2.19. The van der Waals surface area contributed by atoms with Gasteiger partial charge in [0.25, 0.3) is 0 Å². The SMILES string of the molecule is [CH]1=Cc2cccc[c]2[Sb]1. The van der Waals surface area contributed by atoms with E-state index in [2.05, 4.69) is 34.4 Å². The number of hydrogen-bond donors (Lipinski definition) is 0. The molecule has 1 heterocycles. The number of fused-ring (bicyclic) bond motifs is 1. The molecular formula is C8H6Sb. The van der Waals surface area contributed by atoms with Gasteiger partial charge in [-0.05, 0) is 0 Å². The fourth-order valence-corrected chi connectivity index (χ4v) is 3.42. The molecule has 0 bridgehead atoms. The van der Waals surface area contributed by atoms with Gasteiger partial charge in [-0.15, -0.1) is 0 Å². The molecule has 0 aromatic heterocycles. The molecule has 0 N–H and O–H groups in total. The molecule has 1 aromatic rings. The maximum absolute atomic E-state index is 2.35. The van der Waals surface area contributed by atoms with E-state index in [-0.39, 0.29) is 21.6 Å². The zero-order valence-corrected chi connectivity index (χ0v) is 7.46. The third-order valence-corrected chi connectivity index (χ3v) is 4.21. The van der Waals surface area contributed by atoms with Crippen molar-refractivity contribution in [2.75, 3.05) is 0 Å². The summed E-state index contributed by atoms with van der Waals surface area (Å²) in [5.74, 6) is 0. The molecule has 0 amide bonds. The molecular weight excluding hydrogens is 218 g/mol. The van der Waals surface area contributed by atoms with Crippen LogP contribution in [0.4, 0.5) is 0 Å². The fourth-order valence-electron chi connectivity index (χ4n) is 0.944. The van der Waals surface area contributed by atoms with Crippen LogP contribution in [0, 0.1) is 0 Å². The first-order chi connectivity index (χ1) is 4.47. The van der Waals surface area contributed by atoms with Crippen molar-refractivity contribution in [3.8, 4) is 0 Å². The van der Waals surface area contributed by atoms with Crippen LogP contribution < -0.4 is 3.51 Å². The maximum atomic E-state index is 2.35. The summed E-state index contributed by atoms with van der Waals surface area (Å²) >= 11 is -0.0778. The molecule has 1 aliphatic heterocycles. The quantitative estimate of drug-likeness (QED) is 0.576. The second-order valence-electron chi connectivity index (χ2n) is 2.00. The molecule has 0 unspecified atom stereocenters. The predicted molar refractivity (Wildman–Crippen MR) is 40.9 cm³/mol. The minimum absolute atomic E-state index is 0.0778. The van der Waals surface area contributed by atoms with Crippen molar-refractivity contribution in [3.05, 3.63) is 33.9 Å². The Morgan fingerprint density at radius 1 is 1.11 bits per heavy atom. The van der Waals surface area contributed by atoms with Gasteiger partial charge in [-0.3, -0.25) is 0 Å². The first kappa shape index (κ1) is 5.55. The van der Waals surface area contributed by atoms with Gasteiger partial charge in [0.05, 0.1) is 0 Å². The fraction of sp³-hybridized carbons (Fsp3) is 0. The van der Waals surface area contributed by atoms with Gasteiger partial charge in [-0.25, -0.2) is 0 Å². The van der Waals surface area contributed by atoms with Crippen LogP contribution in [0.1, 0.15) is 5.56 Å². The molecule has 0 fully saturated rings. The Labute approximate surface area is 65.1 Å². The zero-order valence-electron chi connectivity index (χ0n) is 4.91. The van der Waals surface area contributed by atoms with Crippen molar-refractivity contribution in [2.45, 2.75) is 0 Å². The van der Waals surface area contributed by atoms with Gasteiger partial charge in [-0.1, -0.05) is 0 Å². The minimum atomic E-state index is -0.0778. The van der Waals surface area contributed by atoms with Gasteiger partial charge in [0.1, 0.15) is 0 Å². The van der Waals surface area contributed by atoms with Crippen molar-refractivity contribution < 1.29 is 0 Å². The van der Waals surface area contributed by atoms with E-state index in [0.29, 0.717) is 0 Å². The Bertz CT molecular complexity index is 250. The molecule has 0 aliphatic carbocycles. The molecule has 43 valence electrons. The second-order valence-corrected chi connectivity index (χ2v) is 4.97. The van der Waals surface area contributed by atoms with Crippen molar-refractivity contribution >= 4 is 31.2 Å². The third-order valence-electron chi connectivity index (χ3n) is 1.40. The summed E-state index contributed by atoms with van der Waals surface area (Å²) in [6.07, 6.45) is 2.24. The number of benzene rings is 1. The molecule has 1 heteroatoms. The zero-order chi connectivity index (χ0) is 6.10. The molecule has 2 rings (SSSR count). The van der Waals surface area contributed by atoms with E-state index >= 15 is 0 Å². The average Bonchev–Trinajstić information content (AvgIpc) is 2.33. The van der Waals surface area contributed by atoms with E-state index < -0.39 is 0 Å². The van der Waals surface area contributed by atoms with Gasteiger partial charge in [-0.2, -0.15) is 0 Å². The normalized spacial score (nSPS) is 13.8. The molecule has 1 radical (unpaired) electrons. The molecule has 0 atom stereocenters. The molecule has 0 spiro atoms. The molecule has 0 nitrogen and oxygen atoms in total. The summed E-state index contributed by atoms with van der Waals surface area (Å²) in [6.45, 7) is 0. The predicted octanol–water partition coefficient (Wildman–Crippen LogP) is 1.00. The molecule has 1 aliphatic rings. The van der Waals surface area contributed by atoms with Crippen molar-refractivity contribution in [2.24, 2.45) is 0 Å². The summed E-state index contributed by atoms with van der Waals surface area (Å²) in [6, 6.07) is 8.66. The van der Waals surface area contributed by atoms with Crippen molar-refractivity contribution in [1.29, 1.82) is 0 Å². The Balaban J connectivity index is 2.63. The Hall–Kier alpha value is -0.222. The summed E-state index contributed by atoms with van der Waals surface area (Å²) in [5.41, 5.74) is 1.45. The Morgan fingerprint density at radius 3 is 2.89 bits per heavy atom. The van der Waals surface area contributed by atoms with Gasteiger partial charge in [0.2, 0.25) is 0 Å².